The summed E-state index contributed by atoms with van der Waals surface area (Å²) >= 11 is 0. The highest BCUT2D eigenvalue weighted by Gasteiger charge is 2.27. The lowest BCUT2D eigenvalue weighted by Crippen LogP contribution is -2.38. The Balaban J connectivity index is 0.000000149. The van der Waals surface area contributed by atoms with Crippen LogP contribution in [0.15, 0.2) is 121 Å². The maximum Gasteiger partial charge on any atom is 0.0543 e. The average Bonchev–Trinajstić information content (AvgIpc) is 3.21. The van der Waals surface area contributed by atoms with E-state index in [0.717, 1.165) is 0 Å². The van der Waals surface area contributed by atoms with Gasteiger partial charge in [-0.3, -0.25) is 0 Å². The fraction of sp³-hybridized carbons (Fsp3) is 0.179. The van der Waals surface area contributed by atoms with Crippen molar-refractivity contribution in [2.45, 2.75) is 46.1 Å². The molecule has 0 radical (unpaired) electrons. The molecule has 0 saturated carbocycles. The van der Waals surface area contributed by atoms with E-state index < -0.39 is 0 Å². The van der Waals surface area contributed by atoms with E-state index in [2.05, 4.69) is 178 Å². The molecule has 0 N–H and O–H groups in total. The summed E-state index contributed by atoms with van der Waals surface area (Å²) < 4.78 is 2.37. The van der Waals surface area contributed by atoms with Crippen molar-refractivity contribution in [3.8, 4) is 5.69 Å². The highest BCUT2D eigenvalue weighted by atomic mass is 15.2. The molecule has 2 heteroatoms. The summed E-state index contributed by atoms with van der Waals surface area (Å²) in [5, 5.41) is 2.72. The molecule has 0 atom stereocenters. The van der Waals surface area contributed by atoms with Crippen molar-refractivity contribution >= 4 is 45.3 Å². The number of para-hydroxylation sites is 4. The Morgan fingerprint density at radius 3 is 1.68 bits per heavy atom. The van der Waals surface area contributed by atoms with Crippen LogP contribution >= 0.6 is 0 Å². The second kappa shape index (κ2) is 10.8. The lowest BCUT2D eigenvalue weighted by atomic mass is 9.97. The second-order valence-electron chi connectivity index (χ2n) is 12.0. The highest BCUT2D eigenvalue weighted by molar-refractivity contribution is 6.11. The van der Waals surface area contributed by atoms with E-state index in [9.17, 15) is 0 Å². The molecule has 2 nitrogen and oxygen atoms in total. The molecule has 0 unspecified atom stereocenters. The van der Waals surface area contributed by atoms with Crippen LogP contribution in [-0.2, 0) is 0 Å². The van der Waals surface area contributed by atoms with Gasteiger partial charge in [-0.15, -0.1) is 0 Å². The monoisotopic (exact) mass is 534 g/mol. The molecule has 0 saturated heterocycles. The molecule has 0 aliphatic carbocycles. The average molecular weight is 535 g/mol. The maximum atomic E-state index is 2.43. The van der Waals surface area contributed by atoms with Gasteiger partial charge in [0.1, 0.15) is 0 Å². The van der Waals surface area contributed by atoms with Gasteiger partial charge < -0.3 is 9.47 Å². The van der Waals surface area contributed by atoms with Gasteiger partial charge in [0.2, 0.25) is 0 Å². The van der Waals surface area contributed by atoms with Gasteiger partial charge >= 0.3 is 0 Å². The predicted octanol–water partition coefficient (Wildman–Crippen LogP) is 11.0. The number of nitrogens with zero attached hydrogens (tertiary/aromatic N) is 2. The van der Waals surface area contributed by atoms with Gasteiger partial charge in [0.05, 0.1) is 11.0 Å². The summed E-state index contributed by atoms with van der Waals surface area (Å²) in [5.74, 6) is 0.513. The summed E-state index contributed by atoms with van der Waals surface area (Å²) in [4.78, 5) is 2.43. The first-order chi connectivity index (χ1) is 19.8. The number of hydrogen-bond donors (Lipinski definition) is 0. The van der Waals surface area contributed by atoms with E-state index in [4.69, 9.17) is 0 Å². The van der Waals surface area contributed by atoms with Crippen molar-refractivity contribution < 1.29 is 0 Å². The van der Waals surface area contributed by atoms with Crippen molar-refractivity contribution in [1.29, 1.82) is 0 Å². The third kappa shape index (κ3) is 4.95. The number of aromatic nitrogens is 1. The van der Waals surface area contributed by atoms with E-state index in [1.807, 2.05) is 0 Å². The molecular weight excluding hydrogens is 496 g/mol. The fourth-order valence-electron chi connectivity index (χ4n) is 6.08. The van der Waals surface area contributed by atoms with Crippen molar-refractivity contribution in [2.75, 3.05) is 4.90 Å². The van der Waals surface area contributed by atoms with Crippen LogP contribution in [0.1, 0.15) is 57.2 Å². The summed E-state index contributed by atoms with van der Waals surface area (Å²) in [6, 6.07) is 43.2. The molecule has 7 rings (SSSR count). The number of hydrogen-bond acceptors (Lipinski definition) is 1. The molecule has 2 heterocycles. The lowest BCUT2D eigenvalue weighted by Gasteiger charge is -2.38. The fourth-order valence-corrected chi connectivity index (χ4v) is 6.08. The molecule has 1 aliphatic rings. The Hall–Kier alpha value is -4.56. The SMILES string of the molecule is CC(C)(C)N1c2ccccc2C=Cc2ccccc21.CC(C)c1cccc2c1c1ccccc1n2-c1ccccc1. The zero-order valence-corrected chi connectivity index (χ0v) is 24.7. The van der Waals surface area contributed by atoms with Crippen LogP contribution in [0, 0.1) is 0 Å². The number of anilines is 2. The van der Waals surface area contributed by atoms with Crippen LogP contribution in [0.5, 0.6) is 0 Å². The largest absolute Gasteiger partial charge is 0.335 e. The van der Waals surface area contributed by atoms with Gasteiger partial charge in [0, 0.05) is 33.4 Å². The van der Waals surface area contributed by atoms with Crippen LogP contribution in [0.25, 0.3) is 39.6 Å². The minimum Gasteiger partial charge on any atom is -0.335 e. The molecule has 1 aliphatic heterocycles. The van der Waals surface area contributed by atoms with E-state index in [1.165, 1.54) is 55.6 Å². The van der Waals surface area contributed by atoms with Gasteiger partial charge in [0.15, 0.2) is 0 Å². The summed E-state index contributed by atoms with van der Waals surface area (Å²) in [7, 11) is 0. The zero-order chi connectivity index (χ0) is 28.6. The third-order valence-corrected chi connectivity index (χ3v) is 7.83. The third-order valence-electron chi connectivity index (χ3n) is 7.83. The molecule has 0 fully saturated rings. The first-order valence-electron chi connectivity index (χ1n) is 14.6. The Morgan fingerprint density at radius 1 is 0.537 bits per heavy atom. The van der Waals surface area contributed by atoms with Gasteiger partial charge in [0.25, 0.3) is 0 Å². The number of benzene rings is 5. The van der Waals surface area contributed by atoms with Crippen LogP contribution in [-0.4, -0.2) is 10.1 Å². The molecule has 0 bridgehead atoms. The Kier molecular flexibility index (Phi) is 7.01. The van der Waals surface area contributed by atoms with Gasteiger partial charge in [-0.25, -0.2) is 0 Å². The maximum absolute atomic E-state index is 2.43. The predicted molar refractivity (Wildman–Crippen MR) is 179 cm³/mol. The smallest absolute Gasteiger partial charge is 0.0543 e. The molecule has 0 amide bonds. The van der Waals surface area contributed by atoms with Crippen LogP contribution in [0.2, 0.25) is 0 Å². The summed E-state index contributed by atoms with van der Waals surface area (Å²) in [6.07, 6.45) is 4.42. The summed E-state index contributed by atoms with van der Waals surface area (Å²) in [5.41, 5.74) is 10.3. The zero-order valence-electron chi connectivity index (χ0n) is 24.7. The molecule has 204 valence electrons. The van der Waals surface area contributed by atoms with Crippen LogP contribution in [0.3, 0.4) is 0 Å². The molecule has 5 aromatic carbocycles. The molecule has 1 aromatic heterocycles. The Bertz CT molecular complexity index is 1800. The van der Waals surface area contributed by atoms with Gasteiger partial charge in [-0.05, 0) is 79.8 Å². The molecule has 0 spiro atoms. The van der Waals surface area contributed by atoms with Crippen LogP contribution in [0.4, 0.5) is 11.4 Å². The van der Waals surface area contributed by atoms with E-state index >= 15 is 0 Å². The topological polar surface area (TPSA) is 8.17 Å². The van der Waals surface area contributed by atoms with Crippen molar-refractivity contribution in [2.24, 2.45) is 0 Å². The first-order valence-corrected chi connectivity index (χ1v) is 14.6. The van der Waals surface area contributed by atoms with Crippen molar-refractivity contribution in [3.05, 3.63) is 138 Å². The molecular formula is C39H38N2. The van der Waals surface area contributed by atoms with Gasteiger partial charge in [-0.1, -0.05) is 111 Å². The van der Waals surface area contributed by atoms with Crippen LogP contribution < -0.4 is 4.90 Å². The van der Waals surface area contributed by atoms with Gasteiger partial charge in [-0.2, -0.15) is 0 Å². The second-order valence-corrected chi connectivity index (χ2v) is 12.0. The van der Waals surface area contributed by atoms with Crippen molar-refractivity contribution in [1.82, 2.24) is 4.57 Å². The lowest BCUT2D eigenvalue weighted by molar-refractivity contribution is 0.560. The standard InChI is InChI=1S/C21H19N.C18H19N/c1-15(2)17-12-8-14-20-21(17)18-11-6-7-13-19(18)22(20)16-9-4-3-5-10-16;1-18(2,3)19-16-10-6-4-8-14(16)12-13-15-9-5-7-11-17(15)19/h3-15H,1-2H3;4-13H,1-3H3. The number of rotatable bonds is 2. The minimum absolute atomic E-state index is 0.0399. The van der Waals surface area contributed by atoms with E-state index in [0.29, 0.717) is 5.92 Å². The van der Waals surface area contributed by atoms with E-state index in [1.54, 1.807) is 0 Å². The first kappa shape index (κ1) is 26.7. The molecule has 41 heavy (non-hydrogen) atoms. The van der Waals surface area contributed by atoms with Crippen molar-refractivity contribution in [3.63, 3.8) is 0 Å². The van der Waals surface area contributed by atoms with E-state index in [-0.39, 0.29) is 5.54 Å². The Labute approximate surface area is 244 Å². The number of fused-ring (bicyclic) bond motifs is 5. The highest BCUT2D eigenvalue weighted by Crippen LogP contribution is 2.41. The summed E-state index contributed by atoms with van der Waals surface area (Å²) in [6.45, 7) is 11.3. The minimum atomic E-state index is 0.0399. The Morgan fingerprint density at radius 2 is 1.07 bits per heavy atom. The quantitative estimate of drug-likeness (QED) is 0.214. The normalized spacial score (nSPS) is 12.6. The molecule has 6 aromatic rings.